The molecule has 1 aliphatic heterocycles. The average molecular weight is 339 g/mol. The number of methoxy groups -OCH3 is 1. The van der Waals surface area contributed by atoms with Crippen molar-refractivity contribution in [3.05, 3.63) is 35.4 Å². The molecule has 23 heavy (non-hydrogen) atoms. The van der Waals surface area contributed by atoms with Gasteiger partial charge in [-0.25, -0.2) is 5.43 Å². The molecule has 6 unspecified atom stereocenters. The number of carboxylic acid groups (broad SMARTS) is 1. The summed E-state index contributed by atoms with van der Waals surface area (Å²) in [6, 6.07) is 7.91. The number of hydrogen-bond acceptors (Lipinski definition) is 4. The van der Waals surface area contributed by atoms with E-state index in [0.29, 0.717) is 0 Å². The first-order valence-electron chi connectivity index (χ1n) is 8.01. The lowest BCUT2D eigenvalue weighted by Crippen LogP contribution is -2.41. The molecule has 126 valence electrons. The van der Waals surface area contributed by atoms with Crippen LogP contribution in [0.2, 0.25) is 0 Å². The van der Waals surface area contributed by atoms with Gasteiger partial charge in [0.2, 0.25) is 0 Å². The van der Waals surface area contributed by atoms with Crippen molar-refractivity contribution in [3.63, 3.8) is 0 Å². The van der Waals surface area contributed by atoms with E-state index in [1.807, 2.05) is 6.92 Å². The number of nitrogens with one attached hydrogen (secondary N) is 2. The number of hydrazine groups is 1. The van der Waals surface area contributed by atoms with Gasteiger partial charge in [0, 0.05) is 30.4 Å². The number of ether oxygens (including phenoxy) is 1. The van der Waals surface area contributed by atoms with Crippen LogP contribution in [-0.4, -0.2) is 35.6 Å². The molecular weight excluding hydrogens is 316 g/mol. The summed E-state index contributed by atoms with van der Waals surface area (Å²) >= 11 is 6.60. The predicted octanol–water partition coefficient (Wildman–Crippen LogP) is 2.42. The Morgan fingerprint density at radius 2 is 2.00 bits per heavy atom. The van der Waals surface area contributed by atoms with Crippen LogP contribution in [0.5, 0.6) is 0 Å². The van der Waals surface area contributed by atoms with Crippen molar-refractivity contribution in [1.29, 1.82) is 0 Å². The van der Waals surface area contributed by atoms with E-state index in [2.05, 4.69) is 35.1 Å². The van der Waals surface area contributed by atoms with E-state index >= 15 is 0 Å². The first-order valence-corrected chi connectivity index (χ1v) is 8.45. The lowest BCUT2D eigenvalue weighted by molar-refractivity contribution is -0.140. The lowest BCUT2D eigenvalue weighted by atomic mass is 9.73. The molecule has 0 bridgehead atoms. The van der Waals surface area contributed by atoms with Crippen molar-refractivity contribution in [3.8, 4) is 0 Å². The Morgan fingerprint density at radius 3 is 2.61 bits per heavy atom. The highest BCUT2D eigenvalue weighted by Crippen LogP contribution is 2.42. The summed E-state index contributed by atoms with van der Waals surface area (Å²) in [5.41, 5.74) is 8.29. The Hall–Kier alpha value is -1.14. The minimum absolute atomic E-state index is 0.00351. The molecule has 1 saturated heterocycles. The molecule has 2 aliphatic rings. The summed E-state index contributed by atoms with van der Waals surface area (Å²) < 4.78 is 5.33. The van der Waals surface area contributed by atoms with Gasteiger partial charge in [-0.15, -0.1) is 11.6 Å². The van der Waals surface area contributed by atoms with Crippen molar-refractivity contribution in [1.82, 2.24) is 10.9 Å². The average Bonchev–Trinajstić information content (AvgIpc) is 2.96. The Kier molecular flexibility index (Phi) is 4.92. The van der Waals surface area contributed by atoms with E-state index in [0.717, 1.165) is 18.4 Å². The predicted molar refractivity (Wildman–Crippen MR) is 88.5 cm³/mol. The molecule has 0 amide bonds. The van der Waals surface area contributed by atoms with Crippen molar-refractivity contribution in [2.24, 2.45) is 5.92 Å². The highest BCUT2D eigenvalue weighted by molar-refractivity contribution is 6.21. The molecular formula is C17H23ClN2O3. The molecule has 0 spiro atoms. The molecule has 3 N–H and O–H groups in total. The molecule has 1 aromatic rings. The minimum atomic E-state index is -0.805. The van der Waals surface area contributed by atoms with Gasteiger partial charge in [-0.2, -0.15) is 0 Å². The van der Waals surface area contributed by atoms with Gasteiger partial charge in [0.15, 0.2) is 0 Å². The fourth-order valence-corrected chi connectivity index (χ4v) is 4.21. The van der Waals surface area contributed by atoms with Crippen LogP contribution in [-0.2, 0) is 9.53 Å². The monoisotopic (exact) mass is 338 g/mol. The standard InChI is InChI=1S/C17H23ClN2O3/c1-9(23-2)10-3-5-11(6-4-10)12-7-13-15(8-14(12)18)19-20-16(13)17(21)22/h3-6,9,12-16,19-20H,7-8H2,1-2H3,(H,21,22). The summed E-state index contributed by atoms with van der Waals surface area (Å²) in [5, 5.41) is 9.35. The first-order chi connectivity index (χ1) is 11.0. The Morgan fingerprint density at radius 1 is 1.30 bits per heavy atom. The number of alkyl halides is 1. The van der Waals surface area contributed by atoms with E-state index < -0.39 is 12.0 Å². The third-order valence-corrected chi connectivity index (χ3v) is 5.75. The van der Waals surface area contributed by atoms with Gasteiger partial charge in [0.05, 0.1) is 6.10 Å². The van der Waals surface area contributed by atoms with Crippen LogP contribution in [0.4, 0.5) is 0 Å². The molecule has 6 atom stereocenters. The summed E-state index contributed by atoms with van der Waals surface area (Å²) in [6.07, 6.45) is 1.60. The van der Waals surface area contributed by atoms with E-state index in [1.54, 1.807) is 7.11 Å². The van der Waals surface area contributed by atoms with E-state index in [-0.39, 0.29) is 29.4 Å². The van der Waals surface area contributed by atoms with Crippen molar-refractivity contribution in [2.75, 3.05) is 7.11 Å². The molecule has 6 heteroatoms. The van der Waals surface area contributed by atoms with Gasteiger partial charge in [0.1, 0.15) is 6.04 Å². The summed E-state index contributed by atoms with van der Waals surface area (Å²) in [4.78, 5) is 11.4. The van der Waals surface area contributed by atoms with Crippen LogP contribution in [0.15, 0.2) is 24.3 Å². The molecule has 3 rings (SSSR count). The zero-order valence-electron chi connectivity index (χ0n) is 13.3. The van der Waals surface area contributed by atoms with Crippen LogP contribution in [0, 0.1) is 5.92 Å². The summed E-state index contributed by atoms with van der Waals surface area (Å²) in [5.74, 6) is -0.570. The van der Waals surface area contributed by atoms with Crippen LogP contribution in [0.1, 0.15) is 42.9 Å². The molecule has 0 aromatic heterocycles. The van der Waals surface area contributed by atoms with Crippen molar-refractivity contribution < 1.29 is 14.6 Å². The Labute approximate surface area is 141 Å². The van der Waals surface area contributed by atoms with Crippen LogP contribution in [0.3, 0.4) is 0 Å². The van der Waals surface area contributed by atoms with Crippen molar-refractivity contribution in [2.45, 2.75) is 49.2 Å². The number of carbonyl (C=O) groups is 1. The number of hydrogen-bond donors (Lipinski definition) is 3. The van der Waals surface area contributed by atoms with Gasteiger partial charge in [0.25, 0.3) is 0 Å². The Bertz CT molecular complexity index is 565. The SMILES string of the molecule is COC(C)c1ccc(C2CC3C(CC2Cl)NNC3C(=O)O)cc1. The normalized spacial score (nSPS) is 34.8. The zero-order chi connectivity index (χ0) is 16.6. The maximum atomic E-state index is 11.4. The van der Waals surface area contributed by atoms with E-state index in [9.17, 15) is 9.90 Å². The number of rotatable bonds is 4. The lowest BCUT2D eigenvalue weighted by Gasteiger charge is -2.36. The van der Waals surface area contributed by atoms with E-state index in [1.165, 1.54) is 5.56 Å². The molecule has 0 radical (unpaired) electrons. The second kappa shape index (κ2) is 6.77. The number of carboxylic acids is 1. The summed E-state index contributed by atoms with van der Waals surface area (Å²) in [7, 11) is 1.70. The third-order valence-electron chi connectivity index (χ3n) is 5.26. The van der Waals surface area contributed by atoms with E-state index in [4.69, 9.17) is 16.3 Å². The highest BCUT2D eigenvalue weighted by atomic mass is 35.5. The van der Waals surface area contributed by atoms with Crippen LogP contribution < -0.4 is 10.9 Å². The van der Waals surface area contributed by atoms with Gasteiger partial charge in [-0.1, -0.05) is 24.3 Å². The smallest absolute Gasteiger partial charge is 0.322 e. The van der Waals surface area contributed by atoms with Crippen molar-refractivity contribution >= 4 is 17.6 Å². The maximum Gasteiger partial charge on any atom is 0.322 e. The fraction of sp³-hybridized carbons (Fsp3) is 0.588. The second-order valence-corrected chi connectivity index (χ2v) is 7.07. The minimum Gasteiger partial charge on any atom is -0.480 e. The molecule has 5 nitrogen and oxygen atoms in total. The molecule has 2 fully saturated rings. The second-order valence-electron chi connectivity index (χ2n) is 6.51. The van der Waals surface area contributed by atoms with Gasteiger partial charge in [-0.3, -0.25) is 10.2 Å². The Balaban J connectivity index is 1.78. The quantitative estimate of drug-likeness (QED) is 0.735. The highest BCUT2D eigenvalue weighted by Gasteiger charge is 2.46. The zero-order valence-corrected chi connectivity index (χ0v) is 14.1. The fourth-order valence-electron chi connectivity index (χ4n) is 3.77. The van der Waals surface area contributed by atoms with Gasteiger partial charge >= 0.3 is 5.97 Å². The van der Waals surface area contributed by atoms with Crippen LogP contribution in [0.25, 0.3) is 0 Å². The topological polar surface area (TPSA) is 70.6 Å². The molecule has 1 heterocycles. The first kappa shape index (κ1) is 16.7. The van der Waals surface area contributed by atoms with Gasteiger partial charge in [-0.05, 0) is 30.9 Å². The number of halogens is 1. The molecule has 1 aromatic carbocycles. The van der Waals surface area contributed by atoms with Crippen LogP contribution >= 0.6 is 11.6 Å². The molecule has 1 aliphatic carbocycles. The number of benzene rings is 1. The van der Waals surface area contributed by atoms with Gasteiger partial charge < -0.3 is 9.84 Å². The maximum absolute atomic E-state index is 11.4. The third kappa shape index (κ3) is 3.24. The largest absolute Gasteiger partial charge is 0.480 e. The number of aliphatic carboxylic acids is 1. The molecule has 1 saturated carbocycles. The summed E-state index contributed by atoms with van der Waals surface area (Å²) in [6.45, 7) is 2.01. The number of fused-ring (bicyclic) bond motifs is 1.